The number of rotatable bonds is 4. The molecule has 0 saturated heterocycles. The lowest BCUT2D eigenvalue weighted by Crippen LogP contribution is -2.32. The molecule has 1 aromatic heterocycles. The Morgan fingerprint density at radius 1 is 1.07 bits per heavy atom. The monoisotopic (exact) mass is 385 g/mol. The van der Waals surface area contributed by atoms with Gasteiger partial charge in [-0.25, -0.2) is 0 Å². The number of hydrogen-bond acceptors (Lipinski definition) is 4. The van der Waals surface area contributed by atoms with Crippen LogP contribution in [0.5, 0.6) is 0 Å². The molecule has 28 heavy (non-hydrogen) atoms. The molecule has 0 N–H and O–H groups in total. The Morgan fingerprint density at radius 3 is 2.29 bits per heavy atom. The van der Waals surface area contributed by atoms with E-state index in [9.17, 15) is 15.3 Å². The van der Waals surface area contributed by atoms with Crippen LogP contribution in [0.25, 0.3) is 11.6 Å². The minimum Gasteiger partial charge on any atom is -0.293 e. The minimum atomic E-state index is -0.195. The molecule has 0 unspecified atom stereocenters. The molecule has 0 aliphatic rings. The zero-order valence-corrected chi connectivity index (χ0v) is 16.5. The molecule has 0 fully saturated rings. The molecule has 3 rings (SSSR count). The molecule has 0 spiro atoms. The van der Waals surface area contributed by atoms with Crippen molar-refractivity contribution in [1.29, 1.82) is 10.5 Å². The average Bonchev–Trinajstić information content (AvgIpc) is 3.00. The summed E-state index contributed by atoms with van der Waals surface area (Å²) in [5, 5.41) is 18.6. The summed E-state index contributed by atoms with van der Waals surface area (Å²) in [6.07, 6.45) is 1.81. The van der Waals surface area contributed by atoms with Gasteiger partial charge in [-0.05, 0) is 28.7 Å². The molecule has 5 heteroatoms. The van der Waals surface area contributed by atoms with Gasteiger partial charge in [-0.15, -0.1) is 11.3 Å². The largest absolute Gasteiger partial charge is 0.293 e. The summed E-state index contributed by atoms with van der Waals surface area (Å²) >= 11 is 1.18. The predicted octanol–water partition coefficient (Wildman–Crippen LogP) is 3.11. The minimum absolute atomic E-state index is 0.0483. The summed E-state index contributed by atoms with van der Waals surface area (Å²) in [5.74, 6) is 0.439. The summed E-state index contributed by atoms with van der Waals surface area (Å²) in [4.78, 5) is 13.0. The topological polar surface area (TPSA) is 69.6 Å². The number of hydrogen-bond donors (Lipinski definition) is 0. The first kappa shape index (κ1) is 19.4. The van der Waals surface area contributed by atoms with E-state index < -0.39 is 0 Å². The van der Waals surface area contributed by atoms with Crippen LogP contribution in [0.3, 0.4) is 0 Å². The Kier molecular flexibility index (Phi) is 5.89. The second kappa shape index (κ2) is 8.52. The van der Waals surface area contributed by atoms with Crippen molar-refractivity contribution in [3.63, 3.8) is 0 Å². The molecule has 0 aliphatic carbocycles. The van der Waals surface area contributed by atoms with E-state index in [1.165, 1.54) is 21.5 Å². The van der Waals surface area contributed by atoms with Gasteiger partial charge in [0, 0.05) is 0 Å². The fourth-order valence-corrected chi connectivity index (χ4v) is 3.92. The Labute approximate surface area is 167 Å². The van der Waals surface area contributed by atoms with Crippen LogP contribution in [-0.4, -0.2) is 4.57 Å². The molecule has 1 heterocycles. The van der Waals surface area contributed by atoms with E-state index in [4.69, 9.17) is 0 Å². The van der Waals surface area contributed by atoms with Crippen molar-refractivity contribution >= 4 is 23.0 Å². The molecule has 0 saturated carbocycles. The van der Waals surface area contributed by atoms with Crippen molar-refractivity contribution in [2.45, 2.75) is 26.3 Å². The SMILES string of the molecule is CC(C)c1ccc(/C=c2\sc(=C(C#N)C#N)n(Cc3ccccc3)c2=O)cc1. The Morgan fingerprint density at radius 2 is 1.71 bits per heavy atom. The fourth-order valence-electron chi connectivity index (χ4n) is 2.86. The molecule has 2 aromatic carbocycles. The van der Waals surface area contributed by atoms with E-state index in [1.807, 2.05) is 60.7 Å². The van der Waals surface area contributed by atoms with Crippen molar-refractivity contribution in [1.82, 2.24) is 4.57 Å². The quantitative estimate of drug-likeness (QED) is 0.693. The lowest BCUT2D eigenvalue weighted by Gasteiger charge is -2.04. The van der Waals surface area contributed by atoms with Gasteiger partial charge in [0.15, 0.2) is 5.57 Å². The number of aromatic nitrogens is 1. The molecular weight excluding hydrogens is 366 g/mol. The maximum atomic E-state index is 13.0. The van der Waals surface area contributed by atoms with Gasteiger partial charge in [-0.1, -0.05) is 68.4 Å². The Balaban J connectivity index is 2.18. The van der Waals surface area contributed by atoms with Gasteiger partial charge in [0.2, 0.25) is 0 Å². The Hall–Kier alpha value is -3.41. The van der Waals surface area contributed by atoms with E-state index in [0.29, 0.717) is 21.7 Å². The van der Waals surface area contributed by atoms with Gasteiger partial charge in [-0.3, -0.25) is 9.36 Å². The van der Waals surface area contributed by atoms with Crippen LogP contribution in [0.4, 0.5) is 0 Å². The second-order valence-corrected chi connectivity index (χ2v) is 7.74. The van der Waals surface area contributed by atoms with Gasteiger partial charge in [0.25, 0.3) is 5.56 Å². The molecule has 0 amide bonds. The summed E-state index contributed by atoms with van der Waals surface area (Å²) in [5.41, 5.74) is 2.84. The third kappa shape index (κ3) is 4.11. The highest BCUT2D eigenvalue weighted by Crippen LogP contribution is 2.14. The average molecular weight is 385 g/mol. The van der Waals surface area contributed by atoms with Crippen molar-refractivity contribution in [2.75, 3.05) is 0 Å². The highest BCUT2D eigenvalue weighted by atomic mass is 32.1. The summed E-state index contributed by atoms with van der Waals surface area (Å²) in [6.45, 7) is 4.58. The van der Waals surface area contributed by atoms with Crippen molar-refractivity contribution in [2.24, 2.45) is 0 Å². The van der Waals surface area contributed by atoms with E-state index in [0.717, 1.165) is 11.1 Å². The number of thiazole rings is 1. The lowest BCUT2D eigenvalue weighted by molar-refractivity contribution is 0.754. The van der Waals surface area contributed by atoms with Gasteiger partial charge in [0.05, 0.1) is 11.1 Å². The highest BCUT2D eigenvalue weighted by molar-refractivity contribution is 7.07. The first-order valence-corrected chi connectivity index (χ1v) is 9.75. The lowest BCUT2D eigenvalue weighted by atomic mass is 10.0. The normalized spacial score (nSPS) is 11.2. The first-order chi connectivity index (χ1) is 13.5. The van der Waals surface area contributed by atoms with Crippen molar-refractivity contribution < 1.29 is 0 Å². The molecule has 138 valence electrons. The van der Waals surface area contributed by atoms with Gasteiger partial charge in [0.1, 0.15) is 16.8 Å². The van der Waals surface area contributed by atoms with Gasteiger partial charge < -0.3 is 0 Å². The third-order valence-electron chi connectivity index (χ3n) is 4.43. The van der Waals surface area contributed by atoms with Crippen LogP contribution in [0.2, 0.25) is 0 Å². The molecule has 3 aromatic rings. The standard InChI is InChI=1S/C23H19N3OS/c1-16(2)19-10-8-17(9-11-19)12-21-22(27)26(15-18-6-4-3-5-7-18)23(28-21)20(13-24)14-25/h3-12,16H,15H2,1-2H3/b21-12-. The Bertz CT molecular complexity index is 1220. The van der Waals surface area contributed by atoms with Crippen LogP contribution in [0, 0.1) is 22.7 Å². The van der Waals surface area contributed by atoms with E-state index in [1.54, 1.807) is 0 Å². The van der Waals surface area contributed by atoms with Gasteiger partial charge in [-0.2, -0.15) is 10.5 Å². The number of nitriles is 2. The third-order valence-corrected chi connectivity index (χ3v) is 5.56. The summed E-state index contributed by atoms with van der Waals surface area (Å²) < 4.78 is 2.41. The van der Waals surface area contributed by atoms with E-state index in [2.05, 4.69) is 26.0 Å². The van der Waals surface area contributed by atoms with E-state index in [-0.39, 0.29) is 11.1 Å². The number of benzene rings is 2. The van der Waals surface area contributed by atoms with E-state index >= 15 is 0 Å². The molecule has 0 atom stereocenters. The summed E-state index contributed by atoms with van der Waals surface area (Å²) in [7, 11) is 0. The molecule has 4 nitrogen and oxygen atoms in total. The molecule has 0 aliphatic heterocycles. The maximum absolute atomic E-state index is 13.0. The molecule has 0 radical (unpaired) electrons. The highest BCUT2D eigenvalue weighted by Gasteiger charge is 2.10. The van der Waals surface area contributed by atoms with Gasteiger partial charge >= 0.3 is 0 Å². The number of nitrogens with zero attached hydrogens (tertiary/aromatic N) is 3. The summed E-state index contributed by atoms with van der Waals surface area (Å²) in [6, 6.07) is 21.4. The predicted molar refractivity (Wildman–Crippen MR) is 112 cm³/mol. The van der Waals surface area contributed by atoms with Crippen molar-refractivity contribution in [3.8, 4) is 12.1 Å². The zero-order chi connectivity index (χ0) is 20.1. The van der Waals surface area contributed by atoms with Crippen LogP contribution < -0.4 is 14.8 Å². The van der Waals surface area contributed by atoms with Crippen LogP contribution in [0.1, 0.15) is 36.5 Å². The maximum Gasteiger partial charge on any atom is 0.269 e. The van der Waals surface area contributed by atoms with Crippen LogP contribution in [-0.2, 0) is 6.54 Å². The first-order valence-electron chi connectivity index (χ1n) is 8.93. The molecular formula is C23H19N3OS. The second-order valence-electron chi connectivity index (χ2n) is 6.71. The van der Waals surface area contributed by atoms with Crippen LogP contribution in [0.15, 0.2) is 59.4 Å². The van der Waals surface area contributed by atoms with Crippen molar-refractivity contribution in [3.05, 3.63) is 90.8 Å². The zero-order valence-electron chi connectivity index (χ0n) is 15.7. The molecule has 0 bridgehead atoms. The van der Waals surface area contributed by atoms with Crippen LogP contribution >= 0.6 is 11.3 Å². The smallest absolute Gasteiger partial charge is 0.269 e. The fraction of sp³-hybridized carbons (Fsp3) is 0.174.